The van der Waals surface area contributed by atoms with Crippen LogP contribution in [0.4, 0.5) is 18.9 Å². The minimum atomic E-state index is -4.79. The zero-order chi connectivity index (χ0) is 16.2. The average molecular weight is 377 g/mol. The number of ether oxygens (including phenoxy) is 1. The van der Waals surface area contributed by atoms with Gasteiger partial charge in [-0.05, 0) is 40.2 Å². The SMILES string of the molecule is Oc1c(Br)cc(OC(F)(F)F)cc1CNNc1ccccc1. The minimum absolute atomic E-state index is 0.0917. The zero-order valence-electron chi connectivity index (χ0n) is 11.1. The molecule has 3 N–H and O–H groups in total. The third-order valence-electron chi connectivity index (χ3n) is 2.63. The highest BCUT2D eigenvalue weighted by molar-refractivity contribution is 9.10. The molecule has 0 atom stereocenters. The molecule has 0 heterocycles. The van der Waals surface area contributed by atoms with Crippen LogP contribution in [0, 0.1) is 0 Å². The lowest BCUT2D eigenvalue weighted by Crippen LogP contribution is -2.21. The maximum atomic E-state index is 12.3. The Morgan fingerprint density at radius 3 is 2.45 bits per heavy atom. The van der Waals surface area contributed by atoms with E-state index in [1.165, 1.54) is 0 Å². The van der Waals surface area contributed by atoms with Gasteiger partial charge in [-0.25, -0.2) is 5.43 Å². The number of alkyl halides is 3. The van der Waals surface area contributed by atoms with Crippen LogP contribution in [-0.4, -0.2) is 11.5 Å². The van der Waals surface area contributed by atoms with Crippen LogP contribution in [0.25, 0.3) is 0 Å². The Hall–Kier alpha value is -1.93. The average Bonchev–Trinajstić information content (AvgIpc) is 2.43. The van der Waals surface area contributed by atoms with Gasteiger partial charge in [0.2, 0.25) is 0 Å². The first-order chi connectivity index (χ1) is 10.3. The molecule has 2 rings (SSSR count). The van der Waals surface area contributed by atoms with Crippen molar-refractivity contribution in [2.24, 2.45) is 0 Å². The fourth-order valence-corrected chi connectivity index (χ4v) is 2.20. The standard InChI is InChI=1S/C14H12BrF3N2O2/c15-12-7-11(22-14(16,17)18)6-9(13(12)21)8-19-20-10-4-2-1-3-5-10/h1-7,19-21H,8H2. The molecule has 0 aliphatic carbocycles. The van der Waals surface area contributed by atoms with Crippen LogP contribution in [0.3, 0.4) is 0 Å². The van der Waals surface area contributed by atoms with Crippen molar-refractivity contribution in [1.82, 2.24) is 5.43 Å². The Labute approximate surface area is 133 Å². The van der Waals surface area contributed by atoms with Gasteiger partial charge >= 0.3 is 6.36 Å². The number of hydrazine groups is 1. The molecule has 0 aromatic heterocycles. The van der Waals surface area contributed by atoms with Gasteiger partial charge in [-0.3, -0.25) is 0 Å². The van der Waals surface area contributed by atoms with Gasteiger partial charge in [0.05, 0.1) is 4.47 Å². The lowest BCUT2D eigenvalue weighted by Gasteiger charge is -2.14. The van der Waals surface area contributed by atoms with Crippen molar-refractivity contribution in [2.75, 3.05) is 5.43 Å². The fourth-order valence-electron chi connectivity index (χ4n) is 1.72. The Bertz CT molecular complexity index is 636. The van der Waals surface area contributed by atoms with Gasteiger partial charge < -0.3 is 15.3 Å². The molecule has 0 aliphatic heterocycles. The number of phenolic OH excluding ortho intramolecular Hbond substituents is 1. The number of hydrogen-bond acceptors (Lipinski definition) is 4. The summed E-state index contributed by atoms with van der Waals surface area (Å²) in [5, 5.41) is 9.87. The van der Waals surface area contributed by atoms with Gasteiger partial charge in [-0.2, -0.15) is 0 Å². The number of aromatic hydroxyl groups is 1. The molecule has 8 heteroatoms. The maximum absolute atomic E-state index is 12.3. The lowest BCUT2D eigenvalue weighted by atomic mass is 10.2. The molecule has 4 nitrogen and oxygen atoms in total. The molecule has 0 spiro atoms. The molecule has 0 fully saturated rings. The van der Waals surface area contributed by atoms with Gasteiger partial charge in [0, 0.05) is 17.8 Å². The van der Waals surface area contributed by atoms with E-state index in [9.17, 15) is 18.3 Å². The Morgan fingerprint density at radius 1 is 1.14 bits per heavy atom. The second-order valence-electron chi connectivity index (χ2n) is 4.31. The summed E-state index contributed by atoms with van der Waals surface area (Å²) >= 11 is 3.00. The van der Waals surface area contributed by atoms with Gasteiger partial charge in [-0.15, -0.1) is 13.2 Å². The molecule has 0 saturated heterocycles. The van der Waals surface area contributed by atoms with Crippen molar-refractivity contribution >= 4 is 21.6 Å². The van der Waals surface area contributed by atoms with Crippen molar-refractivity contribution in [1.29, 1.82) is 0 Å². The van der Waals surface area contributed by atoms with E-state index >= 15 is 0 Å². The van der Waals surface area contributed by atoms with Gasteiger partial charge in [-0.1, -0.05) is 18.2 Å². The highest BCUT2D eigenvalue weighted by Crippen LogP contribution is 2.34. The van der Waals surface area contributed by atoms with Crippen molar-refractivity contribution < 1.29 is 23.0 Å². The predicted molar refractivity (Wildman–Crippen MR) is 79.4 cm³/mol. The van der Waals surface area contributed by atoms with E-state index in [0.29, 0.717) is 0 Å². The van der Waals surface area contributed by atoms with Crippen LogP contribution in [0.1, 0.15) is 5.56 Å². The normalized spacial score (nSPS) is 11.3. The van der Waals surface area contributed by atoms with E-state index in [1.54, 1.807) is 0 Å². The van der Waals surface area contributed by atoms with E-state index in [4.69, 9.17) is 0 Å². The number of halogens is 4. The highest BCUT2D eigenvalue weighted by atomic mass is 79.9. The predicted octanol–water partition coefficient (Wildman–Crippen LogP) is 4.17. The summed E-state index contributed by atoms with van der Waals surface area (Å²) in [6, 6.07) is 11.3. The highest BCUT2D eigenvalue weighted by Gasteiger charge is 2.31. The Balaban J connectivity index is 2.06. The number of para-hydroxylation sites is 1. The first kappa shape index (κ1) is 16.4. The molecule has 0 bridgehead atoms. The second-order valence-corrected chi connectivity index (χ2v) is 5.16. The number of benzene rings is 2. The number of anilines is 1. The molecular weight excluding hydrogens is 365 g/mol. The summed E-state index contributed by atoms with van der Waals surface area (Å²) < 4.78 is 40.7. The number of nitrogens with one attached hydrogen (secondary N) is 2. The molecule has 0 saturated carbocycles. The molecule has 2 aromatic carbocycles. The van der Waals surface area contributed by atoms with Crippen LogP contribution in [0.2, 0.25) is 0 Å². The fraction of sp³-hybridized carbons (Fsp3) is 0.143. The first-order valence-corrected chi connectivity index (χ1v) is 6.95. The smallest absolute Gasteiger partial charge is 0.506 e. The Morgan fingerprint density at radius 2 is 1.82 bits per heavy atom. The van der Waals surface area contributed by atoms with E-state index in [0.717, 1.165) is 17.8 Å². The molecule has 0 radical (unpaired) electrons. The van der Waals surface area contributed by atoms with Gasteiger partial charge in [0.1, 0.15) is 11.5 Å². The zero-order valence-corrected chi connectivity index (χ0v) is 12.7. The Kier molecular flexibility index (Phi) is 5.15. The van der Waals surface area contributed by atoms with E-state index < -0.39 is 12.1 Å². The molecule has 0 unspecified atom stereocenters. The number of rotatable bonds is 5. The largest absolute Gasteiger partial charge is 0.573 e. The van der Waals surface area contributed by atoms with E-state index in [2.05, 4.69) is 31.5 Å². The quantitative estimate of drug-likeness (QED) is 0.685. The van der Waals surface area contributed by atoms with E-state index in [1.807, 2.05) is 30.3 Å². The monoisotopic (exact) mass is 376 g/mol. The van der Waals surface area contributed by atoms with E-state index in [-0.39, 0.29) is 22.3 Å². The summed E-state index contributed by atoms with van der Waals surface area (Å²) in [6.45, 7) is 0.0917. The lowest BCUT2D eigenvalue weighted by molar-refractivity contribution is -0.274. The molecule has 118 valence electrons. The van der Waals surface area contributed by atoms with Crippen LogP contribution < -0.4 is 15.6 Å². The molecule has 0 aliphatic rings. The second kappa shape index (κ2) is 6.89. The third kappa shape index (κ3) is 4.81. The summed E-state index contributed by atoms with van der Waals surface area (Å²) in [4.78, 5) is 0. The molecule has 2 aromatic rings. The van der Waals surface area contributed by atoms with Crippen molar-refractivity contribution in [2.45, 2.75) is 12.9 Å². The van der Waals surface area contributed by atoms with Crippen molar-refractivity contribution in [3.05, 3.63) is 52.5 Å². The first-order valence-electron chi connectivity index (χ1n) is 6.16. The maximum Gasteiger partial charge on any atom is 0.573 e. The summed E-state index contributed by atoms with van der Waals surface area (Å²) in [6.07, 6.45) is -4.79. The van der Waals surface area contributed by atoms with Gasteiger partial charge in [0.25, 0.3) is 0 Å². The van der Waals surface area contributed by atoms with Crippen molar-refractivity contribution in [3.8, 4) is 11.5 Å². The van der Waals surface area contributed by atoms with Crippen LogP contribution in [-0.2, 0) is 6.54 Å². The minimum Gasteiger partial charge on any atom is -0.506 e. The number of phenols is 1. The number of hydrogen-bond donors (Lipinski definition) is 3. The topological polar surface area (TPSA) is 53.5 Å². The molecule has 0 amide bonds. The molecule has 22 heavy (non-hydrogen) atoms. The molecular formula is C14H12BrF3N2O2. The summed E-state index contributed by atoms with van der Waals surface area (Å²) in [5.74, 6) is -0.564. The summed E-state index contributed by atoms with van der Waals surface area (Å²) in [7, 11) is 0. The van der Waals surface area contributed by atoms with Crippen LogP contribution in [0.5, 0.6) is 11.5 Å². The summed E-state index contributed by atoms with van der Waals surface area (Å²) in [5.41, 5.74) is 6.71. The van der Waals surface area contributed by atoms with Gasteiger partial charge in [0.15, 0.2) is 0 Å². The van der Waals surface area contributed by atoms with Crippen molar-refractivity contribution in [3.63, 3.8) is 0 Å². The third-order valence-corrected chi connectivity index (χ3v) is 3.24. The van der Waals surface area contributed by atoms with Crippen LogP contribution >= 0.6 is 15.9 Å². The van der Waals surface area contributed by atoms with Crippen LogP contribution in [0.15, 0.2) is 46.9 Å².